The molecule has 2 aromatic carbocycles. The predicted molar refractivity (Wildman–Crippen MR) is 53.6 cm³/mol. The molecular weight excluding hydrogens is 446 g/mol. The molecule has 0 nitrogen and oxygen atoms in total. The Kier molecular flexibility index (Phi) is 9.98. The molecule has 0 fully saturated rings. The van der Waals surface area contributed by atoms with Gasteiger partial charge in [0.1, 0.15) is 0 Å². The molecule has 0 spiro atoms. The van der Waals surface area contributed by atoms with Crippen molar-refractivity contribution < 1.29 is 69.7 Å². The zero-order valence-corrected chi connectivity index (χ0v) is 14.7. The van der Waals surface area contributed by atoms with Gasteiger partial charge in [0, 0.05) is 0 Å². The summed E-state index contributed by atoms with van der Waals surface area (Å²) in [4.78, 5) is 0. The van der Waals surface area contributed by atoms with Crippen molar-refractivity contribution >= 4 is 10.8 Å². The Hall–Kier alpha value is 1.00. The summed E-state index contributed by atoms with van der Waals surface area (Å²) in [5, 5.41) is 2.72. The Bertz CT molecular complexity index is 360. The van der Waals surface area contributed by atoms with Crippen molar-refractivity contribution in [3.05, 3.63) is 42.0 Å². The summed E-state index contributed by atoms with van der Waals surface area (Å²) in [6, 6.07) is 13.1. The van der Waals surface area contributed by atoms with Gasteiger partial charge in [-0.15, -0.1) is 40.6 Å². The van der Waals surface area contributed by atoms with Crippen molar-refractivity contribution in [2.45, 2.75) is 19.8 Å². The Labute approximate surface area is 140 Å². The minimum absolute atomic E-state index is 0. The molecule has 15 heavy (non-hydrogen) atoms. The van der Waals surface area contributed by atoms with Crippen LogP contribution >= 0.6 is 0 Å². The van der Waals surface area contributed by atoms with Crippen LogP contribution in [0.25, 0.3) is 10.8 Å². The number of halogens is 2. The Balaban J connectivity index is 0. The van der Waals surface area contributed by atoms with Crippen molar-refractivity contribution in [2.75, 3.05) is 0 Å². The molecular formula is C12H13I2Ti. The van der Waals surface area contributed by atoms with Gasteiger partial charge in [0.15, 0.2) is 0 Å². The number of benzene rings is 1. The van der Waals surface area contributed by atoms with Crippen LogP contribution in [-0.4, -0.2) is 0 Å². The summed E-state index contributed by atoms with van der Waals surface area (Å²) in [6.45, 7) is 4.46. The van der Waals surface area contributed by atoms with E-state index in [1.165, 1.54) is 16.3 Å². The molecule has 0 aromatic heterocycles. The Morgan fingerprint density at radius 1 is 1.07 bits per heavy atom. The van der Waals surface area contributed by atoms with Crippen LogP contribution in [0.5, 0.6) is 0 Å². The Morgan fingerprint density at radius 2 is 1.67 bits per heavy atom. The molecule has 0 atom stereocenters. The van der Waals surface area contributed by atoms with Crippen LogP contribution in [0.2, 0.25) is 0 Å². The fraction of sp³-hybridized carbons (Fsp3) is 0.250. The third kappa shape index (κ3) is 4.40. The van der Waals surface area contributed by atoms with Gasteiger partial charge in [-0.3, -0.25) is 0 Å². The molecule has 0 aliphatic rings. The van der Waals surface area contributed by atoms with E-state index in [1.807, 2.05) is 0 Å². The second-order valence-corrected chi connectivity index (χ2v) is 3.57. The smallest absolute Gasteiger partial charge is 1.00 e. The molecule has 0 aliphatic heterocycles. The topological polar surface area (TPSA) is 0 Å². The summed E-state index contributed by atoms with van der Waals surface area (Å²) in [7, 11) is 0. The van der Waals surface area contributed by atoms with E-state index in [-0.39, 0.29) is 69.7 Å². The average molecular weight is 459 g/mol. The average Bonchev–Trinajstić information content (AvgIpc) is 2.46. The molecule has 0 aliphatic carbocycles. The normalized spacial score (nSPS) is 9.00. The second-order valence-electron chi connectivity index (χ2n) is 3.57. The standard InChI is InChI=1S/C12H13.2HI.Ti/c1-9(2)12-7-10-5-3-4-6-11(10)8-12;;;/h3-9H,1-2H3;2*1H;/q-1;;;+3/p-2. The first kappa shape index (κ1) is 18.4. The van der Waals surface area contributed by atoms with E-state index in [9.17, 15) is 0 Å². The molecule has 0 bridgehead atoms. The fourth-order valence-electron chi connectivity index (χ4n) is 1.51. The third-order valence-corrected chi connectivity index (χ3v) is 2.31. The van der Waals surface area contributed by atoms with E-state index < -0.39 is 0 Å². The molecule has 79 valence electrons. The SMILES string of the molecule is CC(C)c1cc2ccccc2[cH-]1.[I-].[I-].[Ti+3]. The fourth-order valence-corrected chi connectivity index (χ4v) is 1.51. The minimum Gasteiger partial charge on any atom is -1.00 e. The first-order valence-corrected chi connectivity index (χ1v) is 4.43. The van der Waals surface area contributed by atoms with E-state index >= 15 is 0 Å². The molecule has 0 unspecified atom stereocenters. The quantitative estimate of drug-likeness (QED) is 0.256. The number of rotatable bonds is 1. The summed E-state index contributed by atoms with van der Waals surface area (Å²) >= 11 is 0. The summed E-state index contributed by atoms with van der Waals surface area (Å²) in [5.74, 6) is 0.636. The third-order valence-electron chi connectivity index (χ3n) is 2.31. The molecule has 0 heterocycles. The van der Waals surface area contributed by atoms with E-state index in [2.05, 4.69) is 50.2 Å². The molecule has 3 heteroatoms. The summed E-state index contributed by atoms with van der Waals surface area (Å²) < 4.78 is 0. The van der Waals surface area contributed by atoms with E-state index in [0.717, 1.165) is 0 Å². The van der Waals surface area contributed by atoms with Crippen LogP contribution in [0.1, 0.15) is 25.3 Å². The van der Waals surface area contributed by atoms with Gasteiger partial charge in [-0.1, -0.05) is 19.9 Å². The van der Waals surface area contributed by atoms with Gasteiger partial charge >= 0.3 is 21.7 Å². The number of hydrogen-bond acceptors (Lipinski definition) is 0. The summed E-state index contributed by atoms with van der Waals surface area (Å²) in [5.41, 5.74) is 1.44. The van der Waals surface area contributed by atoms with Crippen molar-refractivity contribution in [1.29, 1.82) is 0 Å². The second kappa shape index (κ2) is 8.15. The van der Waals surface area contributed by atoms with E-state index in [4.69, 9.17) is 0 Å². The van der Waals surface area contributed by atoms with Gasteiger partial charge in [-0.25, -0.2) is 0 Å². The first-order chi connectivity index (χ1) is 5.77. The van der Waals surface area contributed by atoms with Gasteiger partial charge in [0.2, 0.25) is 0 Å². The van der Waals surface area contributed by atoms with Gasteiger partial charge in [0.25, 0.3) is 0 Å². The van der Waals surface area contributed by atoms with Crippen LogP contribution in [0.3, 0.4) is 0 Å². The maximum atomic E-state index is 2.28. The van der Waals surface area contributed by atoms with Crippen LogP contribution in [0.4, 0.5) is 0 Å². The molecule has 2 aromatic rings. The first-order valence-electron chi connectivity index (χ1n) is 4.43. The summed E-state index contributed by atoms with van der Waals surface area (Å²) in [6.07, 6.45) is 0. The van der Waals surface area contributed by atoms with Crippen LogP contribution in [0.15, 0.2) is 36.4 Å². The number of hydrogen-bond donors (Lipinski definition) is 0. The molecule has 0 saturated carbocycles. The van der Waals surface area contributed by atoms with Crippen LogP contribution in [0, 0.1) is 0 Å². The molecule has 2 rings (SSSR count). The van der Waals surface area contributed by atoms with Crippen molar-refractivity contribution in [3.63, 3.8) is 0 Å². The molecule has 1 radical (unpaired) electrons. The minimum atomic E-state index is 0. The monoisotopic (exact) mass is 459 g/mol. The van der Waals surface area contributed by atoms with Crippen molar-refractivity contribution in [1.82, 2.24) is 0 Å². The maximum Gasteiger partial charge on any atom is 3.00 e. The Morgan fingerprint density at radius 3 is 2.20 bits per heavy atom. The zero-order valence-electron chi connectivity index (χ0n) is 8.80. The zero-order chi connectivity index (χ0) is 8.55. The van der Waals surface area contributed by atoms with Crippen molar-refractivity contribution in [2.24, 2.45) is 0 Å². The van der Waals surface area contributed by atoms with Gasteiger partial charge in [-0.05, 0) is 5.92 Å². The van der Waals surface area contributed by atoms with Gasteiger partial charge < -0.3 is 48.0 Å². The van der Waals surface area contributed by atoms with E-state index in [0.29, 0.717) is 5.92 Å². The molecule has 0 amide bonds. The van der Waals surface area contributed by atoms with E-state index in [1.54, 1.807) is 0 Å². The predicted octanol–water partition coefficient (Wildman–Crippen LogP) is -2.31. The van der Waals surface area contributed by atoms with Crippen LogP contribution < -0.4 is 48.0 Å². The largest absolute Gasteiger partial charge is 3.00 e. The molecule has 0 saturated heterocycles. The van der Waals surface area contributed by atoms with Crippen LogP contribution in [-0.2, 0) is 21.7 Å². The van der Waals surface area contributed by atoms with Gasteiger partial charge in [0.05, 0.1) is 0 Å². The van der Waals surface area contributed by atoms with Gasteiger partial charge in [-0.2, -0.15) is 6.07 Å². The maximum absolute atomic E-state index is 2.28. The van der Waals surface area contributed by atoms with Crippen molar-refractivity contribution in [3.8, 4) is 0 Å². The molecule has 0 N–H and O–H groups in total. The number of fused-ring (bicyclic) bond motifs is 1.